The molecule has 0 aromatic heterocycles. The maximum absolute atomic E-state index is 2.24. The van der Waals surface area contributed by atoms with Crippen molar-refractivity contribution >= 4 is 0 Å². The van der Waals surface area contributed by atoms with Gasteiger partial charge in [-0.25, -0.2) is 0 Å². The van der Waals surface area contributed by atoms with Crippen molar-refractivity contribution in [3.05, 3.63) is 76.7 Å². The Labute approximate surface area is 97.9 Å². The third-order valence-corrected chi connectivity index (χ3v) is 3.00. The number of hydrogen-bond acceptors (Lipinski definition) is 0. The fourth-order valence-corrected chi connectivity index (χ4v) is 2.03. The third-order valence-electron chi connectivity index (χ3n) is 3.00. The summed E-state index contributed by atoms with van der Waals surface area (Å²) in [6.07, 6.45) is 0. The zero-order valence-electron chi connectivity index (χ0n) is 10.1. The van der Waals surface area contributed by atoms with Crippen LogP contribution in [0.25, 0.3) is 0 Å². The normalized spacial score (nSPS) is 10.8. The van der Waals surface area contributed by atoms with Crippen molar-refractivity contribution in [2.24, 2.45) is 0 Å². The predicted octanol–water partition coefficient (Wildman–Crippen LogP) is 4.29. The first kappa shape index (κ1) is 10.9. The predicted molar refractivity (Wildman–Crippen MR) is 69.5 cm³/mol. The summed E-state index contributed by atoms with van der Waals surface area (Å²) in [6.45, 7) is 6.49. The number of rotatable bonds is 2. The van der Waals surface area contributed by atoms with Crippen LogP contribution in [-0.2, 0) is 0 Å². The van der Waals surface area contributed by atoms with Crippen molar-refractivity contribution in [1.82, 2.24) is 0 Å². The Bertz CT molecular complexity index is 483. The molecule has 0 fully saturated rings. The molecule has 0 aliphatic heterocycles. The van der Waals surface area contributed by atoms with Crippen LogP contribution >= 0.6 is 0 Å². The van der Waals surface area contributed by atoms with E-state index in [1.54, 1.807) is 0 Å². The van der Waals surface area contributed by atoms with Crippen LogP contribution in [-0.4, -0.2) is 0 Å². The van der Waals surface area contributed by atoms with Gasteiger partial charge in [0.15, 0.2) is 0 Å². The second kappa shape index (κ2) is 4.52. The van der Waals surface area contributed by atoms with Crippen molar-refractivity contribution in [1.29, 1.82) is 0 Å². The fraction of sp³-hybridized carbons (Fsp3) is 0.188. The maximum atomic E-state index is 2.24. The molecule has 0 N–H and O–H groups in total. The number of hydrogen-bond donors (Lipinski definition) is 0. The molecule has 2 aromatic carbocycles. The lowest BCUT2D eigenvalue weighted by atomic mass is 9.89. The Kier molecular flexibility index (Phi) is 3.09. The molecule has 0 bridgehead atoms. The molecule has 1 radical (unpaired) electrons. The van der Waals surface area contributed by atoms with E-state index in [1.165, 1.54) is 28.2 Å². The van der Waals surface area contributed by atoms with Gasteiger partial charge in [-0.1, -0.05) is 61.0 Å². The smallest absolute Gasteiger partial charge is 0.0312 e. The lowest BCUT2D eigenvalue weighted by molar-refractivity contribution is 1.15. The van der Waals surface area contributed by atoms with Gasteiger partial charge in [0.1, 0.15) is 0 Å². The van der Waals surface area contributed by atoms with Crippen LogP contribution in [0.3, 0.4) is 0 Å². The van der Waals surface area contributed by atoms with Crippen molar-refractivity contribution in [2.75, 3.05) is 0 Å². The van der Waals surface area contributed by atoms with E-state index in [2.05, 4.69) is 69.3 Å². The molecule has 0 unspecified atom stereocenters. The molecule has 0 aliphatic carbocycles. The first-order chi connectivity index (χ1) is 7.68. The van der Waals surface area contributed by atoms with Gasteiger partial charge >= 0.3 is 0 Å². The van der Waals surface area contributed by atoms with Crippen LogP contribution in [0.15, 0.2) is 48.5 Å². The highest BCUT2D eigenvalue weighted by molar-refractivity contribution is 5.48. The lowest BCUT2D eigenvalue weighted by Gasteiger charge is -2.14. The Morgan fingerprint density at radius 3 is 2.31 bits per heavy atom. The van der Waals surface area contributed by atoms with Gasteiger partial charge in [-0.05, 0) is 30.5 Å². The van der Waals surface area contributed by atoms with Gasteiger partial charge in [0.2, 0.25) is 0 Å². The SMILES string of the molecule is C[C](c1cccc(C)c1)c1ccccc1C. The molecule has 0 heteroatoms. The van der Waals surface area contributed by atoms with Gasteiger partial charge in [0.25, 0.3) is 0 Å². The Hall–Kier alpha value is -1.56. The van der Waals surface area contributed by atoms with Crippen molar-refractivity contribution in [3.63, 3.8) is 0 Å². The fourth-order valence-electron chi connectivity index (χ4n) is 2.03. The van der Waals surface area contributed by atoms with Gasteiger partial charge in [0.05, 0.1) is 0 Å². The van der Waals surface area contributed by atoms with Crippen molar-refractivity contribution in [2.45, 2.75) is 20.8 Å². The Morgan fingerprint density at radius 1 is 0.875 bits per heavy atom. The zero-order valence-corrected chi connectivity index (χ0v) is 10.1. The van der Waals surface area contributed by atoms with Crippen LogP contribution in [0, 0.1) is 19.8 Å². The summed E-state index contributed by atoms with van der Waals surface area (Å²) in [5.74, 6) is 1.35. The van der Waals surface area contributed by atoms with E-state index in [0.717, 1.165) is 0 Å². The molecular weight excluding hydrogens is 192 g/mol. The van der Waals surface area contributed by atoms with Crippen LogP contribution in [0.2, 0.25) is 0 Å². The number of benzene rings is 2. The topological polar surface area (TPSA) is 0 Å². The summed E-state index contributed by atoms with van der Waals surface area (Å²) < 4.78 is 0. The van der Waals surface area contributed by atoms with E-state index < -0.39 is 0 Å². The molecule has 0 heterocycles. The molecule has 0 nitrogen and oxygen atoms in total. The molecule has 0 saturated heterocycles. The average Bonchev–Trinajstić information content (AvgIpc) is 2.29. The van der Waals surface area contributed by atoms with E-state index in [1.807, 2.05) is 0 Å². The standard InChI is InChI=1S/C16H17/c1-12-7-6-9-15(11-12)14(3)16-10-5-4-8-13(16)2/h4-11H,1-3H3. The molecule has 81 valence electrons. The van der Waals surface area contributed by atoms with Crippen LogP contribution in [0.1, 0.15) is 29.2 Å². The Morgan fingerprint density at radius 2 is 1.62 bits per heavy atom. The van der Waals surface area contributed by atoms with Crippen LogP contribution in [0.4, 0.5) is 0 Å². The molecule has 16 heavy (non-hydrogen) atoms. The molecule has 0 amide bonds. The molecule has 2 aromatic rings. The molecule has 2 rings (SSSR count). The van der Waals surface area contributed by atoms with E-state index in [0.29, 0.717) is 0 Å². The van der Waals surface area contributed by atoms with E-state index in [-0.39, 0.29) is 0 Å². The zero-order chi connectivity index (χ0) is 11.5. The molecular formula is C16H17. The van der Waals surface area contributed by atoms with Crippen molar-refractivity contribution in [3.8, 4) is 0 Å². The highest BCUT2D eigenvalue weighted by Gasteiger charge is 2.10. The van der Waals surface area contributed by atoms with Gasteiger partial charge in [-0.2, -0.15) is 0 Å². The highest BCUT2D eigenvalue weighted by Crippen LogP contribution is 2.25. The summed E-state index contributed by atoms with van der Waals surface area (Å²) >= 11 is 0. The second-order valence-electron chi connectivity index (χ2n) is 4.31. The van der Waals surface area contributed by atoms with Crippen LogP contribution in [0.5, 0.6) is 0 Å². The van der Waals surface area contributed by atoms with Gasteiger partial charge in [-0.3, -0.25) is 0 Å². The second-order valence-corrected chi connectivity index (χ2v) is 4.31. The Balaban J connectivity index is 2.39. The van der Waals surface area contributed by atoms with E-state index >= 15 is 0 Å². The summed E-state index contributed by atoms with van der Waals surface area (Å²) in [4.78, 5) is 0. The molecule has 0 saturated carbocycles. The highest BCUT2D eigenvalue weighted by atomic mass is 14.1. The molecule has 0 aliphatic rings. The van der Waals surface area contributed by atoms with E-state index in [9.17, 15) is 0 Å². The van der Waals surface area contributed by atoms with Gasteiger partial charge in [0, 0.05) is 5.92 Å². The van der Waals surface area contributed by atoms with Gasteiger partial charge in [-0.15, -0.1) is 0 Å². The largest absolute Gasteiger partial charge is 0.0620 e. The minimum atomic E-state index is 1.31. The minimum Gasteiger partial charge on any atom is -0.0620 e. The minimum absolute atomic E-state index is 1.31. The molecule has 0 spiro atoms. The maximum Gasteiger partial charge on any atom is 0.0312 e. The summed E-state index contributed by atoms with van der Waals surface area (Å²) in [7, 11) is 0. The monoisotopic (exact) mass is 209 g/mol. The quantitative estimate of drug-likeness (QED) is 0.692. The third kappa shape index (κ3) is 2.16. The van der Waals surface area contributed by atoms with Crippen molar-refractivity contribution < 1.29 is 0 Å². The van der Waals surface area contributed by atoms with Gasteiger partial charge < -0.3 is 0 Å². The first-order valence-corrected chi connectivity index (χ1v) is 5.65. The summed E-state index contributed by atoms with van der Waals surface area (Å²) in [6, 6.07) is 17.2. The molecule has 0 atom stereocenters. The number of aryl methyl sites for hydroxylation is 2. The average molecular weight is 209 g/mol. The van der Waals surface area contributed by atoms with E-state index in [4.69, 9.17) is 0 Å². The summed E-state index contributed by atoms with van der Waals surface area (Å²) in [5, 5.41) is 0. The summed E-state index contributed by atoms with van der Waals surface area (Å²) in [5.41, 5.74) is 5.30. The first-order valence-electron chi connectivity index (χ1n) is 5.65. The van der Waals surface area contributed by atoms with Crippen LogP contribution < -0.4 is 0 Å². The lowest BCUT2D eigenvalue weighted by Crippen LogP contribution is -1.99.